The molecule has 0 spiro atoms. The van der Waals surface area contributed by atoms with Gasteiger partial charge in [0.15, 0.2) is 0 Å². The summed E-state index contributed by atoms with van der Waals surface area (Å²) in [6.45, 7) is 2.53. The van der Waals surface area contributed by atoms with Crippen LogP contribution in [-0.2, 0) is 0 Å². The number of hydrogen-bond donors (Lipinski definition) is 1. The molecule has 3 rings (SSSR count). The smallest absolute Gasteiger partial charge is 0.118 e. The minimum absolute atomic E-state index is 0. The van der Waals surface area contributed by atoms with Crippen molar-refractivity contribution < 1.29 is 9.84 Å². The van der Waals surface area contributed by atoms with Crippen LogP contribution in [0.3, 0.4) is 0 Å². The van der Waals surface area contributed by atoms with Crippen molar-refractivity contribution in [2.24, 2.45) is 0 Å². The summed E-state index contributed by atoms with van der Waals surface area (Å²) in [5.74, 6) is 0.877. The molecular weight excluding hydrogens is 346 g/mol. The van der Waals surface area contributed by atoms with Crippen LogP contribution in [0.15, 0.2) is 72.3 Å². The zero-order valence-corrected chi connectivity index (χ0v) is 15.9. The molecule has 0 saturated heterocycles. The molecule has 138 valence electrons. The van der Waals surface area contributed by atoms with Crippen molar-refractivity contribution in [2.75, 3.05) is 26.7 Å². The SMILES string of the molecule is COc1ccc(C=CC2=CCN(CC(O)c3ccccc3)CC2)cc1.Cl. The van der Waals surface area contributed by atoms with E-state index in [9.17, 15) is 5.11 Å². The lowest BCUT2D eigenvalue weighted by molar-refractivity contribution is 0.118. The first-order chi connectivity index (χ1) is 12.2. The van der Waals surface area contributed by atoms with Gasteiger partial charge >= 0.3 is 0 Å². The molecule has 0 aliphatic carbocycles. The number of aliphatic hydroxyl groups is 1. The molecule has 26 heavy (non-hydrogen) atoms. The normalized spacial score (nSPS) is 16.0. The van der Waals surface area contributed by atoms with Crippen LogP contribution in [0, 0.1) is 0 Å². The van der Waals surface area contributed by atoms with Crippen LogP contribution in [0.4, 0.5) is 0 Å². The van der Waals surface area contributed by atoms with E-state index in [1.54, 1.807) is 7.11 Å². The summed E-state index contributed by atoms with van der Waals surface area (Å²) in [5.41, 5.74) is 3.50. The molecule has 2 aromatic carbocycles. The fourth-order valence-corrected chi connectivity index (χ4v) is 2.99. The highest BCUT2D eigenvalue weighted by Crippen LogP contribution is 2.19. The summed E-state index contributed by atoms with van der Waals surface area (Å²) < 4.78 is 5.18. The van der Waals surface area contributed by atoms with Crippen molar-refractivity contribution in [2.45, 2.75) is 12.5 Å². The Labute approximate surface area is 162 Å². The molecule has 1 aliphatic rings. The fraction of sp³-hybridized carbons (Fsp3) is 0.273. The molecule has 0 aromatic heterocycles. The number of aliphatic hydroxyl groups excluding tert-OH is 1. The average molecular weight is 372 g/mol. The molecule has 3 nitrogen and oxygen atoms in total. The summed E-state index contributed by atoms with van der Waals surface area (Å²) in [6.07, 6.45) is 7.16. The second-order valence-corrected chi connectivity index (χ2v) is 6.32. The average Bonchev–Trinajstić information content (AvgIpc) is 2.68. The Hall–Kier alpha value is -2.07. The van der Waals surface area contributed by atoms with Crippen LogP contribution in [0.25, 0.3) is 6.08 Å². The molecule has 0 bridgehead atoms. The van der Waals surface area contributed by atoms with E-state index in [2.05, 4.69) is 35.3 Å². The zero-order valence-electron chi connectivity index (χ0n) is 15.0. The number of ether oxygens (including phenoxy) is 1. The molecule has 4 heteroatoms. The molecule has 1 heterocycles. The van der Waals surface area contributed by atoms with E-state index >= 15 is 0 Å². The number of rotatable bonds is 6. The third-order valence-electron chi connectivity index (χ3n) is 4.55. The van der Waals surface area contributed by atoms with Gasteiger partial charge in [0, 0.05) is 19.6 Å². The molecule has 0 fully saturated rings. The highest BCUT2D eigenvalue weighted by Gasteiger charge is 2.15. The molecule has 2 aromatic rings. The van der Waals surface area contributed by atoms with Gasteiger partial charge in [-0.25, -0.2) is 0 Å². The molecule has 0 saturated carbocycles. The summed E-state index contributed by atoms with van der Waals surface area (Å²) in [4.78, 5) is 2.29. The van der Waals surface area contributed by atoms with Crippen LogP contribution in [-0.4, -0.2) is 36.8 Å². The van der Waals surface area contributed by atoms with E-state index in [1.807, 2.05) is 42.5 Å². The second kappa shape index (κ2) is 10.2. The van der Waals surface area contributed by atoms with Gasteiger partial charge < -0.3 is 9.84 Å². The predicted molar refractivity (Wildman–Crippen MR) is 110 cm³/mol. The van der Waals surface area contributed by atoms with Gasteiger partial charge in [0.05, 0.1) is 13.2 Å². The molecule has 1 aliphatic heterocycles. The van der Waals surface area contributed by atoms with Crippen LogP contribution in [0.2, 0.25) is 0 Å². The predicted octanol–water partition coefficient (Wildman–Crippen LogP) is 4.50. The van der Waals surface area contributed by atoms with E-state index in [4.69, 9.17) is 4.74 Å². The summed E-state index contributed by atoms with van der Waals surface area (Å²) in [7, 11) is 1.68. The Morgan fingerprint density at radius 3 is 2.42 bits per heavy atom. The van der Waals surface area contributed by atoms with Crippen molar-refractivity contribution in [1.82, 2.24) is 4.90 Å². The van der Waals surface area contributed by atoms with Gasteiger partial charge in [-0.1, -0.05) is 60.7 Å². The van der Waals surface area contributed by atoms with E-state index in [0.717, 1.165) is 30.8 Å². The van der Waals surface area contributed by atoms with E-state index < -0.39 is 6.10 Å². The summed E-state index contributed by atoms with van der Waals surface area (Å²) in [6, 6.07) is 17.9. The molecular formula is C22H26ClNO2. The number of allylic oxidation sites excluding steroid dienone is 1. The van der Waals surface area contributed by atoms with Crippen LogP contribution in [0.1, 0.15) is 23.7 Å². The largest absolute Gasteiger partial charge is 0.497 e. The number of benzene rings is 2. The number of halogens is 1. The Morgan fingerprint density at radius 1 is 1.08 bits per heavy atom. The lowest BCUT2D eigenvalue weighted by atomic mass is 10.0. The van der Waals surface area contributed by atoms with Gasteiger partial charge in [0.1, 0.15) is 5.75 Å². The lowest BCUT2D eigenvalue weighted by Gasteiger charge is -2.27. The lowest BCUT2D eigenvalue weighted by Crippen LogP contribution is -2.32. The van der Waals surface area contributed by atoms with Crippen LogP contribution >= 0.6 is 12.4 Å². The Balaban J connectivity index is 0.00000243. The molecule has 1 unspecified atom stereocenters. The quantitative estimate of drug-likeness (QED) is 0.811. The molecule has 0 amide bonds. The van der Waals surface area contributed by atoms with Gasteiger partial charge in [-0.2, -0.15) is 0 Å². The number of methoxy groups -OCH3 is 1. The van der Waals surface area contributed by atoms with Crippen molar-refractivity contribution in [3.05, 3.63) is 83.4 Å². The first kappa shape index (κ1) is 20.2. The third-order valence-corrected chi connectivity index (χ3v) is 4.55. The van der Waals surface area contributed by atoms with E-state index in [-0.39, 0.29) is 12.4 Å². The summed E-state index contributed by atoms with van der Waals surface area (Å²) in [5, 5.41) is 10.3. The Morgan fingerprint density at radius 2 is 1.81 bits per heavy atom. The topological polar surface area (TPSA) is 32.7 Å². The minimum atomic E-state index is -0.425. The second-order valence-electron chi connectivity index (χ2n) is 6.32. The van der Waals surface area contributed by atoms with Crippen LogP contribution in [0.5, 0.6) is 5.75 Å². The number of β-amino-alcohol motifs (C(OH)–C–C–N with tert-alkyl or cyclic N) is 1. The van der Waals surface area contributed by atoms with Gasteiger partial charge in [0.2, 0.25) is 0 Å². The van der Waals surface area contributed by atoms with Crippen molar-refractivity contribution >= 4 is 18.5 Å². The Bertz CT molecular complexity index is 726. The van der Waals surface area contributed by atoms with Gasteiger partial charge in [-0.15, -0.1) is 12.4 Å². The van der Waals surface area contributed by atoms with Crippen molar-refractivity contribution in [3.8, 4) is 5.75 Å². The van der Waals surface area contributed by atoms with Crippen molar-refractivity contribution in [3.63, 3.8) is 0 Å². The maximum absolute atomic E-state index is 10.3. The summed E-state index contributed by atoms with van der Waals surface area (Å²) >= 11 is 0. The highest BCUT2D eigenvalue weighted by molar-refractivity contribution is 5.85. The third kappa shape index (κ3) is 5.73. The van der Waals surface area contributed by atoms with Gasteiger partial charge in [0.25, 0.3) is 0 Å². The van der Waals surface area contributed by atoms with E-state index in [0.29, 0.717) is 6.54 Å². The molecule has 1 N–H and O–H groups in total. The molecule has 1 atom stereocenters. The fourth-order valence-electron chi connectivity index (χ4n) is 2.99. The monoisotopic (exact) mass is 371 g/mol. The Kier molecular flexibility index (Phi) is 7.92. The maximum Gasteiger partial charge on any atom is 0.118 e. The maximum atomic E-state index is 10.3. The van der Waals surface area contributed by atoms with Crippen LogP contribution < -0.4 is 4.74 Å². The zero-order chi connectivity index (χ0) is 17.5. The van der Waals surface area contributed by atoms with E-state index in [1.165, 1.54) is 11.1 Å². The first-order valence-electron chi connectivity index (χ1n) is 8.71. The standard InChI is InChI=1S/C22H25NO2.ClH/c1-25-21-11-9-18(10-12-21)7-8-19-13-15-23(16-14-19)17-22(24)20-5-3-2-4-6-20;/h2-13,22,24H,14-17H2,1H3;1H. The van der Waals surface area contributed by atoms with Crippen molar-refractivity contribution in [1.29, 1.82) is 0 Å². The minimum Gasteiger partial charge on any atom is -0.497 e. The number of nitrogens with zero attached hydrogens (tertiary/aromatic N) is 1. The van der Waals surface area contributed by atoms with Gasteiger partial charge in [-0.05, 0) is 35.3 Å². The number of hydrogen-bond acceptors (Lipinski definition) is 3. The van der Waals surface area contributed by atoms with Gasteiger partial charge in [-0.3, -0.25) is 4.90 Å². The first-order valence-corrected chi connectivity index (χ1v) is 8.71. The molecule has 0 radical (unpaired) electrons. The highest BCUT2D eigenvalue weighted by atomic mass is 35.5.